The molecule has 0 N–H and O–H groups in total. The van der Waals surface area contributed by atoms with Gasteiger partial charge in [-0.25, -0.2) is 4.98 Å². The van der Waals surface area contributed by atoms with Gasteiger partial charge in [-0.3, -0.25) is 0 Å². The molecule has 0 aromatic carbocycles. The summed E-state index contributed by atoms with van der Waals surface area (Å²) >= 11 is 5.72. The van der Waals surface area contributed by atoms with Gasteiger partial charge in [0.25, 0.3) is 0 Å². The van der Waals surface area contributed by atoms with Gasteiger partial charge < -0.3 is 4.74 Å². The highest BCUT2D eigenvalue weighted by Gasteiger charge is 1.97. The normalized spacial score (nSPS) is 10.8. The minimum absolute atomic E-state index is 0.519. The Morgan fingerprint density at radius 3 is 2.85 bits per heavy atom. The van der Waals surface area contributed by atoms with E-state index < -0.39 is 0 Å². The van der Waals surface area contributed by atoms with Crippen LogP contribution >= 0.6 is 11.6 Å². The van der Waals surface area contributed by atoms with E-state index >= 15 is 0 Å². The van der Waals surface area contributed by atoms with E-state index in [4.69, 9.17) is 16.3 Å². The molecule has 0 unspecified atom stereocenters. The molecule has 0 bridgehead atoms. The van der Waals surface area contributed by atoms with Crippen molar-refractivity contribution in [3.8, 4) is 0 Å². The van der Waals surface area contributed by atoms with Crippen molar-refractivity contribution in [2.45, 2.75) is 20.5 Å². The second-order valence-electron chi connectivity index (χ2n) is 3.36. The topological polar surface area (TPSA) is 22.1 Å². The van der Waals surface area contributed by atoms with Gasteiger partial charge in [-0.1, -0.05) is 31.5 Å². The first-order valence-corrected chi connectivity index (χ1v) is 4.75. The van der Waals surface area contributed by atoms with Crippen LogP contribution in [-0.4, -0.2) is 11.6 Å². The van der Waals surface area contributed by atoms with Crippen molar-refractivity contribution in [3.63, 3.8) is 0 Å². The predicted octanol–water partition coefficient (Wildman–Crippen LogP) is 2.91. The summed E-state index contributed by atoms with van der Waals surface area (Å²) < 4.78 is 5.41. The molecule has 13 heavy (non-hydrogen) atoms. The molecule has 0 aliphatic rings. The maximum Gasteiger partial charge on any atom is 0.129 e. The van der Waals surface area contributed by atoms with Crippen molar-refractivity contribution in [2.24, 2.45) is 5.92 Å². The zero-order valence-corrected chi connectivity index (χ0v) is 8.71. The largest absolute Gasteiger partial charge is 0.375 e. The van der Waals surface area contributed by atoms with Gasteiger partial charge in [0.05, 0.1) is 12.3 Å². The number of aromatic nitrogens is 1. The van der Waals surface area contributed by atoms with Crippen LogP contribution in [0.5, 0.6) is 0 Å². The van der Waals surface area contributed by atoms with E-state index in [-0.39, 0.29) is 0 Å². The van der Waals surface area contributed by atoms with Gasteiger partial charge in [0.2, 0.25) is 0 Å². The van der Waals surface area contributed by atoms with E-state index in [1.807, 2.05) is 12.1 Å². The van der Waals surface area contributed by atoms with Gasteiger partial charge in [0, 0.05) is 6.61 Å². The van der Waals surface area contributed by atoms with Gasteiger partial charge in [-0.2, -0.15) is 0 Å². The minimum atomic E-state index is 0.519. The SMILES string of the molecule is CC(C)COCc1cccc(Cl)n1. The Hall–Kier alpha value is -0.600. The lowest BCUT2D eigenvalue weighted by Crippen LogP contribution is -2.02. The van der Waals surface area contributed by atoms with Crippen LogP contribution < -0.4 is 0 Å². The van der Waals surface area contributed by atoms with E-state index in [9.17, 15) is 0 Å². The van der Waals surface area contributed by atoms with Crippen LogP contribution in [0.1, 0.15) is 19.5 Å². The average Bonchev–Trinajstić information content (AvgIpc) is 2.03. The average molecular weight is 200 g/mol. The van der Waals surface area contributed by atoms with E-state index in [1.54, 1.807) is 6.07 Å². The van der Waals surface area contributed by atoms with Crippen LogP contribution in [0.3, 0.4) is 0 Å². The fourth-order valence-electron chi connectivity index (χ4n) is 0.930. The Balaban J connectivity index is 2.37. The molecule has 1 aromatic heterocycles. The van der Waals surface area contributed by atoms with Crippen LogP contribution in [0, 0.1) is 5.92 Å². The quantitative estimate of drug-likeness (QED) is 0.696. The fourth-order valence-corrected chi connectivity index (χ4v) is 1.11. The Labute approximate surface area is 83.9 Å². The van der Waals surface area contributed by atoms with Crippen LogP contribution in [-0.2, 0) is 11.3 Å². The van der Waals surface area contributed by atoms with Gasteiger partial charge in [0.1, 0.15) is 5.15 Å². The number of hydrogen-bond acceptors (Lipinski definition) is 2. The zero-order valence-electron chi connectivity index (χ0n) is 7.96. The third kappa shape index (κ3) is 4.25. The number of hydrogen-bond donors (Lipinski definition) is 0. The van der Waals surface area contributed by atoms with Crippen molar-refractivity contribution in [3.05, 3.63) is 29.0 Å². The van der Waals surface area contributed by atoms with Crippen molar-refractivity contribution in [2.75, 3.05) is 6.61 Å². The van der Waals surface area contributed by atoms with E-state index in [2.05, 4.69) is 18.8 Å². The Kier molecular flexibility index (Phi) is 4.19. The van der Waals surface area contributed by atoms with E-state index in [1.165, 1.54) is 0 Å². The Morgan fingerprint density at radius 1 is 1.46 bits per heavy atom. The predicted molar refractivity (Wildman–Crippen MR) is 53.7 cm³/mol. The molecule has 3 heteroatoms. The molecular formula is C10H14ClNO. The summed E-state index contributed by atoms with van der Waals surface area (Å²) in [6, 6.07) is 5.54. The van der Waals surface area contributed by atoms with Gasteiger partial charge in [-0.05, 0) is 18.1 Å². The van der Waals surface area contributed by atoms with Crippen molar-refractivity contribution >= 4 is 11.6 Å². The number of ether oxygens (including phenoxy) is 1. The Bertz CT molecular complexity index is 263. The summed E-state index contributed by atoms with van der Waals surface area (Å²) in [7, 11) is 0. The molecule has 0 spiro atoms. The lowest BCUT2D eigenvalue weighted by Gasteiger charge is -2.05. The molecule has 0 atom stereocenters. The van der Waals surface area contributed by atoms with Gasteiger partial charge in [-0.15, -0.1) is 0 Å². The second-order valence-corrected chi connectivity index (χ2v) is 3.75. The monoisotopic (exact) mass is 199 g/mol. The molecule has 0 aliphatic carbocycles. The Morgan fingerprint density at radius 2 is 2.23 bits per heavy atom. The number of pyridine rings is 1. The third-order valence-corrected chi connectivity index (χ3v) is 1.68. The first kappa shape index (κ1) is 10.5. The summed E-state index contributed by atoms with van der Waals surface area (Å²) in [5, 5.41) is 0.519. The van der Waals surface area contributed by atoms with Crippen LogP contribution in [0.15, 0.2) is 18.2 Å². The number of rotatable bonds is 4. The number of halogens is 1. The first-order chi connectivity index (χ1) is 6.18. The highest BCUT2D eigenvalue weighted by Crippen LogP contribution is 2.06. The van der Waals surface area contributed by atoms with E-state index in [0.29, 0.717) is 17.7 Å². The lowest BCUT2D eigenvalue weighted by atomic mass is 10.2. The van der Waals surface area contributed by atoms with Crippen molar-refractivity contribution in [1.82, 2.24) is 4.98 Å². The molecule has 1 aromatic rings. The molecule has 0 fully saturated rings. The molecule has 0 aliphatic heterocycles. The molecule has 0 radical (unpaired) electrons. The zero-order chi connectivity index (χ0) is 9.68. The molecular weight excluding hydrogens is 186 g/mol. The second kappa shape index (κ2) is 5.20. The molecule has 72 valence electrons. The molecule has 1 rings (SSSR count). The lowest BCUT2D eigenvalue weighted by molar-refractivity contribution is 0.0948. The third-order valence-electron chi connectivity index (χ3n) is 1.47. The van der Waals surface area contributed by atoms with Gasteiger partial charge >= 0.3 is 0 Å². The standard InChI is InChI=1S/C10H14ClNO/c1-8(2)6-13-7-9-4-3-5-10(11)12-9/h3-5,8H,6-7H2,1-2H3. The summed E-state index contributed by atoms with van der Waals surface area (Å²) in [6.07, 6.45) is 0. The smallest absolute Gasteiger partial charge is 0.129 e. The molecule has 2 nitrogen and oxygen atoms in total. The maximum atomic E-state index is 5.72. The van der Waals surface area contributed by atoms with Crippen molar-refractivity contribution < 1.29 is 4.74 Å². The fraction of sp³-hybridized carbons (Fsp3) is 0.500. The molecule has 0 amide bonds. The number of nitrogens with zero attached hydrogens (tertiary/aromatic N) is 1. The van der Waals surface area contributed by atoms with Crippen LogP contribution in [0.4, 0.5) is 0 Å². The first-order valence-electron chi connectivity index (χ1n) is 4.37. The van der Waals surface area contributed by atoms with Crippen LogP contribution in [0.25, 0.3) is 0 Å². The minimum Gasteiger partial charge on any atom is -0.375 e. The summed E-state index contributed by atoms with van der Waals surface area (Å²) in [5.74, 6) is 0.555. The maximum absolute atomic E-state index is 5.72. The highest BCUT2D eigenvalue weighted by atomic mass is 35.5. The van der Waals surface area contributed by atoms with Gasteiger partial charge in [0.15, 0.2) is 0 Å². The van der Waals surface area contributed by atoms with E-state index in [0.717, 1.165) is 12.3 Å². The summed E-state index contributed by atoms with van der Waals surface area (Å²) in [4.78, 5) is 4.11. The highest BCUT2D eigenvalue weighted by molar-refractivity contribution is 6.29. The molecule has 0 saturated carbocycles. The molecule has 1 heterocycles. The van der Waals surface area contributed by atoms with Crippen LogP contribution in [0.2, 0.25) is 5.15 Å². The molecule has 0 saturated heterocycles. The summed E-state index contributed by atoms with van der Waals surface area (Å²) in [6.45, 7) is 5.53. The summed E-state index contributed by atoms with van der Waals surface area (Å²) in [5.41, 5.74) is 0.883. The van der Waals surface area contributed by atoms with Crippen molar-refractivity contribution in [1.29, 1.82) is 0 Å².